The van der Waals surface area contributed by atoms with Crippen molar-refractivity contribution >= 4 is 11.6 Å². The highest BCUT2D eigenvalue weighted by atomic mass is 16.2. The van der Waals surface area contributed by atoms with Crippen LogP contribution in [0, 0.1) is 0 Å². The first-order chi connectivity index (χ1) is 11.7. The third-order valence-electron chi connectivity index (χ3n) is 3.59. The molecule has 0 unspecified atom stereocenters. The second-order valence-electron chi connectivity index (χ2n) is 5.24. The molecule has 0 spiro atoms. The number of hydrazine groups is 1. The summed E-state index contributed by atoms with van der Waals surface area (Å²) in [6, 6.07) is 21.5. The number of carbonyl (C=O) groups excluding carboxylic acids is 1. The first-order valence-electron chi connectivity index (χ1n) is 7.55. The van der Waals surface area contributed by atoms with Gasteiger partial charge in [-0.1, -0.05) is 61.2 Å². The molecule has 0 radical (unpaired) electrons. The van der Waals surface area contributed by atoms with Gasteiger partial charge < -0.3 is 0 Å². The van der Waals surface area contributed by atoms with E-state index >= 15 is 0 Å². The second kappa shape index (κ2) is 7.24. The van der Waals surface area contributed by atoms with Crippen molar-refractivity contribution < 1.29 is 4.79 Å². The fraction of sp³-hybridized carbons (Fsp3) is 0. The van der Waals surface area contributed by atoms with Crippen LogP contribution in [-0.4, -0.2) is 10.9 Å². The number of rotatable bonds is 5. The van der Waals surface area contributed by atoms with Crippen molar-refractivity contribution in [1.29, 1.82) is 0 Å². The van der Waals surface area contributed by atoms with Crippen molar-refractivity contribution in [3.05, 3.63) is 96.8 Å². The van der Waals surface area contributed by atoms with Gasteiger partial charge in [0.2, 0.25) is 0 Å². The lowest BCUT2D eigenvalue weighted by Gasteiger charge is -2.12. The largest absolute Gasteiger partial charge is 0.298 e. The third kappa shape index (κ3) is 3.67. The standard InChI is InChI=1S/C20H17N3O/c1-15(22-23-20(24)19-8-5-13-21-14-19)16-9-11-18(12-10-16)17-6-3-2-4-7-17/h2-14,22H,1H2,(H,23,24). The summed E-state index contributed by atoms with van der Waals surface area (Å²) in [5, 5.41) is 0. The van der Waals surface area contributed by atoms with E-state index in [1.165, 1.54) is 6.20 Å². The Morgan fingerprint density at radius 1 is 0.792 bits per heavy atom. The Kier molecular flexibility index (Phi) is 4.68. The molecule has 0 fully saturated rings. The molecule has 4 heteroatoms. The van der Waals surface area contributed by atoms with E-state index in [1.807, 2.05) is 42.5 Å². The van der Waals surface area contributed by atoms with Gasteiger partial charge >= 0.3 is 0 Å². The van der Waals surface area contributed by atoms with Crippen molar-refractivity contribution in [1.82, 2.24) is 15.8 Å². The van der Waals surface area contributed by atoms with E-state index in [0.717, 1.165) is 16.7 Å². The van der Waals surface area contributed by atoms with Gasteiger partial charge in [0.25, 0.3) is 5.91 Å². The zero-order chi connectivity index (χ0) is 16.8. The van der Waals surface area contributed by atoms with Crippen molar-refractivity contribution in [2.24, 2.45) is 0 Å². The summed E-state index contributed by atoms with van der Waals surface area (Å²) in [4.78, 5) is 15.9. The fourth-order valence-electron chi connectivity index (χ4n) is 2.27. The normalized spacial score (nSPS) is 10.0. The van der Waals surface area contributed by atoms with Crippen molar-refractivity contribution in [2.45, 2.75) is 0 Å². The van der Waals surface area contributed by atoms with Gasteiger partial charge in [-0.25, -0.2) is 0 Å². The summed E-state index contributed by atoms with van der Waals surface area (Å²) in [5.41, 5.74) is 9.75. The van der Waals surface area contributed by atoms with Crippen LogP contribution >= 0.6 is 0 Å². The van der Waals surface area contributed by atoms with Crippen LogP contribution in [0.15, 0.2) is 85.7 Å². The lowest BCUT2D eigenvalue weighted by molar-refractivity contribution is 0.0942. The second-order valence-corrected chi connectivity index (χ2v) is 5.24. The molecule has 118 valence electrons. The first kappa shape index (κ1) is 15.5. The molecule has 0 aliphatic heterocycles. The molecule has 4 nitrogen and oxygen atoms in total. The van der Waals surface area contributed by atoms with Crippen molar-refractivity contribution in [3.63, 3.8) is 0 Å². The number of benzene rings is 2. The number of aromatic nitrogens is 1. The summed E-state index contributed by atoms with van der Waals surface area (Å²) in [6.45, 7) is 3.95. The first-order valence-corrected chi connectivity index (χ1v) is 7.55. The Balaban J connectivity index is 1.62. The molecular weight excluding hydrogens is 298 g/mol. The molecule has 24 heavy (non-hydrogen) atoms. The summed E-state index contributed by atoms with van der Waals surface area (Å²) in [6.07, 6.45) is 3.13. The molecule has 0 bridgehead atoms. The average Bonchev–Trinajstić information content (AvgIpc) is 2.67. The number of nitrogens with zero attached hydrogens (tertiary/aromatic N) is 1. The number of carbonyl (C=O) groups is 1. The predicted molar refractivity (Wildman–Crippen MR) is 95.8 cm³/mol. The van der Waals surface area contributed by atoms with Gasteiger partial charge in [-0.2, -0.15) is 0 Å². The topological polar surface area (TPSA) is 54.0 Å². The molecule has 2 N–H and O–H groups in total. The molecule has 0 aliphatic rings. The van der Waals surface area contributed by atoms with Crippen LogP contribution in [0.5, 0.6) is 0 Å². The van der Waals surface area contributed by atoms with Gasteiger partial charge in [-0.15, -0.1) is 0 Å². The SMILES string of the molecule is C=C(NNC(=O)c1cccnc1)c1ccc(-c2ccccc2)cc1. The summed E-state index contributed by atoms with van der Waals surface area (Å²) in [7, 11) is 0. The predicted octanol–water partition coefficient (Wildman–Crippen LogP) is 3.65. The number of hydrogen-bond acceptors (Lipinski definition) is 3. The lowest BCUT2D eigenvalue weighted by atomic mass is 10.0. The number of amides is 1. The summed E-state index contributed by atoms with van der Waals surface area (Å²) >= 11 is 0. The van der Waals surface area contributed by atoms with Gasteiger partial charge in [0.1, 0.15) is 0 Å². The number of hydrogen-bond donors (Lipinski definition) is 2. The van der Waals surface area contributed by atoms with E-state index < -0.39 is 0 Å². The molecule has 0 atom stereocenters. The van der Waals surface area contributed by atoms with E-state index in [4.69, 9.17) is 0 Å². The molecule has 1 amide bonds. The quantitative estimate of drug-likeness (QED) is 0.707. The van der Waals surface area contributed by atoms with Crippen LogP contribution < -0.4 is 10.9 Å². The Morgan fingerprint density at radius 2 is 1.50 bits per heavy atom. The Hall–Kier alpha value is -3.40. The van der Waals surface area contributed by atoms with Crippen LogP contribution in [0.25, 0.3) is 16.8 Å². The van der Waals surface area contributed by atoms with E-state index in [1.54, 1.807) is 18.3 Å². The lowest BCUT2D eigenvalue weighted by Crippen LogP contribution is -2.35. The zero-order valence-electron chi connectivity index (χ0n) is 13.1. The smallest absolute Gasteiger partial charge is 0.271 e. The van der Waals surface area contributed by atoms with E-state index in [0.29, 0.717) is 11.3 Å². The molecule has 3 aromatic rings. The maximum atomic E-state index is 12.0. The minimum atomic E-state index is -0.259. The minimum absolute atomic E-state index is 0.259. The summed E-state index contributed by atoms with van der Waals surface area (Å²) in [5.74, 6) is -0.259. The maximum Gasteiger partial charge on any atom is 0.271 e. The Labute approximate surface area is 140 Å². The molecule has 0 aliphatic carbocycles. The average molecular weight is 315 g/mol. The number of nitrogens with one attached hydrogen (secondary N) is 2. The van der Waals surface area contributed by atoms with Gasteiger partial charge in [-0.3, -0.25) is 20.6 Å². The van der Waals surface area contributed by atoms with Crippen LogP contribution in [0.2, 0.25) is 0 Å². The zero-order valence-corrected chi connectivity index (χ0v) is 13.1. The molecule has 2 aromatic carbocycles. The summed E-state index contributed by atoms with van der Waals surface area (Å²) < 4.78 is 0. The molecule has 3 rings (SSSR count). The van der Waals surface area contributed by atoms with Crippen LogP contribution in [0.4, 0.5) is 0 Å². The van der Waals surface area contributed by atoms with E-state index in [2.05, 4.69) is 34.5 Å². The highest BCUT2D eigenvalue weighted by molar-refractivity contribution is 5.94. The number of pyridine rings is 1. The van der Waals surface area contributed by atoms with Gasteiger partial charge in [0.05, 0.1) is 11.3 Å². The van der Waals surface area contributed by atoms with Crippen LogP contribution in [-0.2, 0) is 0 Å². The van der Waals surface area contributed by atoms with Gasteiger partial charge in [0.15, 0.2) is 0 Å². The molecule has 0 saturated carbocycles. The monoisotopic (exact) mass is 315 g/mol. The Bertz CT molecular complexity index is 828. The van der Waals surface area contributed by atoms with Crippen LogP contribution in [0.3, 0.4) is 0 Å². The minimum Gasteiger partial charge on any atom is -0.298 e. The van der Waals surface area contributed by atoms with Gasteiger partial charge in [0, 0.05) is 12.4 Å². The van der Waals surface area contributed by atoms with E-state index in [-0.39, 0.29) is 5.91 Å². The highest BCUT2D eigenvalue weighted by Gasteiger charge is 2.06. The fourth-order valence-corrected chi connectivity index (χ4v) is 2.27. The molecule has 1 heterocycles. The van der Waals surface area contributed by atoms with Crippen molar-refractivity contribution in [3.8, 4) is 11.1 Å². The molecule has 1 aromatic heterocycles. The van der Waals surface area contributed by atoms with E-state index in [9.17, 15) is 4.79 Å². The van der Waals surface area contributed by atoms with Crippen molar-refractivity contribution in [2.75, 3.05) is 0 Å². The van der Waals surface area contributed by atoms with Crippen LogP contribution in [0.1, 0.15) is 15.9 Å². The maximum absolute atomic E-state index is 12.0. The molecule has 0 saturated heterocycles. The third-order valence-corrected chi connectivity index (χ3v) is 3.59. The molecular formula is C20H17N3O. The Morgan fingerprint density at radius 3 is 2.17 bits per heavy atom. The van der Waals surface area contributed by atoms with Gasteiger partial charge in [-0.05, 0) is 28.8 Å². The highest BCUT2D eigenvalue weighted by Crippen LogP contribution is 2.20.